The molecule has 0 aromatic carbocycles. The van der Waals surface area contributed by atoms with E-state index in [1.165, 1.54) is 18.3 Å². The number of hydrogen-bond donors (Lipinski definition) is 0. The highest BCUT2D eigenvalue weighted by atomic mass is 19.4. The second-order valence-electron chi connectivity index (χ2n) is 3.61. The van der Waals surface area contributed by atoms with Crippen LogP contribution < -0.4 is 0 Å². The van der Waals surface area contributed by atoms with Crippen LogP contribution in [0.3, 0.4) is 0 Å². The second kappa shape index (κ2) is 3.98. The molecule has 1 aromatic heterocycles. The summed E-state index contributed by atoms with van der Waals surface area (Å²) in [6, 6.07) is 3.02. The SMILES string of the molecule is CC(C)Cc1cccnc1C(F)(F)F. The minimum atomic E-state index is -4.34. The number of nitrogens with zero attached hydrogens (tertiary/aromatic N) is 1. The topological polar surface area (TPSA) is 12.9 Å². The van der Waals surface area contributed by atoms with E-state index < -0.39 is 11.9 Å². The molecule has 1 heterocycles. The molecule has 0 aliphatic carbocycles. The standard InChI is InChI=1S/C10H12F3N/c1-7(2)6-8-4-3-5-14-9(8)10(11,12)13/h3-5,7H,6H2,1-2H3. The van der Waals surface area contributed by atoms with E-state index in [2.05, 4.69) is 4.98 Å². The highest BCUT2D eigenvalue weighted by Crippen LogP contribution is 2.30. The van der Waals surface area contributed by atoms with E-state index in [0.717, 1.165) is 0 Å². The Morgan fingerprint density at radius 1 is 1.36 bits per heavy atom. The fourth-order valence-electron chi connectivity index (χ4n) is 1.30. The molecule has 0 aliphatic heterocycles. The van der Waals surface area contributed by atoms with Crippen LogP contribution in [-0.2, 0) is 12.6 Å². The predicted octanol–water partition coefficient (Wildman–Crippen LogP) is 3.30. The average molecular weight is 203 g/mol. The number of rotatable bonds is 2. The zero-order valence-electron chi connectivity index (χ0n) is 8.10. The molecule has 0 atom stereocenters. The Hall–Kier alpha value is -1.06. The van der Waals surface area contributed by atoms with Gasteiger partial charge in [-0.3, -0.25) is 4.98 Å². The number of aromatic nitrogens is 1. The summed E-state index contributed by atoms with van der Waals surface area (Å²) in [5.74, 6) is 0.195. The first kappa shape index (κ1) is 11.0. The van der Waals surface area contributed by atoms with Gasteiger partial charge in [0, 0.05) is 6.20 Å². The van der Waals surface area contributed by atoms with Gasteiger partial charge in [-0.1, -0.05) is 19.9 Å². The summed E-state index contributed by atoms with van der Waals surface area (Å²) < 4.78 is 37.3. The summed E-state index contributed by atoms with van der Waals surface area (Å²) in [5, 5.41) is 0. The van der Waals surface area contributed by atoms with E-state index >= 15 is 0 Å². The van der Waals surface area contributed by atoms with Crippen molar-refractivity contribution in [2.75, 3.05) is 0 Å². The fraction of sp³-hybridized carbons (Fsp3) is 0.500. The van der Waals surface area contributed by atoms with Gasteiger partial charge < -0.3 is 0 Å². The lowest BCUT2D eigenvalue weighted by atomic mass is 10.0. The van der Waals surface area contributed by atoms with E-state index in [0.29, 0.717) is 6.42 Å². The molecular weight excluding hydrogens is 191 g/mol. The average Bonchev–Trinajstić information content (AvgIpc) is 2.01. The molecule has 0 saturated carbocycles. The lowest BCUT2D eigenvalue weighted by Crippen LogP contribution is -2.12. The van der Waals surface area contributed by atoms with Crippen molar-refractivity contribution >= 4 is 0 Å². The second-order valence-corrected chi connectivity index (χ2v) is 3.61. The molecule has 1 nitrogen and oxygen atoms in total. The summed E-state index contributed by atoms with van der Waals surface area (Å²) in [6.07, 6.45) is -2.76. The Morgan fingerprint density at radius 3 is 2.50 bits per heavy atom. The monoisotopic (exact) mass is 203 g/mol. The lowest BCUT2D eigenvalue weighted by molar-refractivity contribution is -0.141. The Bertz CT molecular complexity index is 304. The molecule has 0 fully saturated rings. The first-order valence-electron chi connectivity index (χ1n) is 4.42. The molecule has 0 saturated heterocycles. The largest absolute Gasteiger partial charge is 0.433 e. The third-order valence-corrected chi connectivity index (χ3v) is 1.79. The zero-order chi connectivity index (χ0) is 10.8. The maximum Gasteiger partial charge on any atom is 0.433 e. The van der Waals surface area contributed by atoms with Gasteiger partial charge in [0.05, 0.1) is 0 Å². The van der Waals surface area contributed by atoms with E-state index in [-0.39, 0.29) is 11.5 Å². The summed E-state index contributed by atoms with van der Waals surface area (Å²) in [5.41, 5.74) is -0.483. The highest BCUT2D eigenvalue weighted by Gasteiger charge is 2.34. The maximum atomic E-state index is 12.4. The summed E-state index contributed by atoms with van der Waals surface area (Å²) in [4.78, 5) is 3.38. The van der Waals surface area contributed by atoms with Crippen LogP contribution in [0.25, 0.3) is 0 Å². The minimum absolute atomic E-state index is 0.195. The van der Waals surface area contributed by atoms with Crippen LogP contribution in [0.1, 0.15) is 25.1 Å². The molecule has 4 heteroatoms. The molecule has 0 spiro atoms. The molecule has 0 N–H and O–H groups in total. The number of halogens is 3. The molecule has 0 bridgehead atoms. The summed E-state index contributed by atoms with van der Waals surface area (Å²) in [7, 11) is 0. The van der Waals surface area contributed by atoms with Crippen molar-refractivity contribution in [2.45, 2.75) is 26.4 Å². The molecule has 0 radical (unpaired) electrons. The highest BCUT2D eigenvalue weighted by molar-refractivity contribution is 5.22. The molecule has 0 unspecified atom stereocenters. The summed E-state index contributed by atoms with van der Waals surface area (Å²) in [6.45, 7) is 3.76. The van der Waals surface area contributed by atoms with E-state index in [1.54, 1.807) is 0 Å². The van der Waals surface area contributed by atoms with Gasteiger partial charge >= 0.3 is 6.18 Å². The van der Waals surface area contributed by atoms with Gasteiger partial charge in [0.25, 0.3) is 0 Å². The van der Waals surface area contributed by atoms with Crippen molar-refractivity contribution < 1.29 is 13.2 Å². The van der Waals surface area contributed by atoms with Crippen LogP contribution in [0.2, 0.25) is 0 Å². The van der Waals surface area contributed by atoms with Gasteiger partial charge in [-0.05, 0) is 24.0 Å². The Kier molecular flexibility index (Phi) is 3.13. The van der Waals surface area contributed by atoms with Crippen LogP contribution in [0.5, 0.6) is 0 Å². The normalized spacial score (nSPS) is 12.1. The van der Waals surface area contributed by atoms with Gasteiger partial charge in [0.15, 0.2) is 0 Å². The van der Waals surface area contributed by atoms with Crippen molar-refractivity contribution in [3.8, 4) is 0 Å². The lowest BCUT2D eigenvalue weighted by Gasteiger charge is -2.12. The molecule has 78 valence electrons. The maximum absolute atomic E-state index is 12.4. The Labute approximate surface area is 81.0 Å². The van der Waals surface area contributed by atoms with Crippen LogP contribution in [0.4, 0.5) is 13.2 Å². The van der Waals surface area contributed by atoms with Gasteiger partial charge in [-0.15, -0.1) is 0 Å². The van der Waals surface area contributed by atoms with Gasteiger partial charge in [0.1, 0.15) is 5.69 Å². The van der Waals surface area contributed by atoms with Crippen molar-refractivity contribution in [2.24, 2.45) is 5.92 Å². The number of alkyl halides is 3. The van der Waals surface area contributed by atoms with Crippen molar-refractivity contribution in [1.29, 1.82) is 0 Å². The Balaban J connectivity index is 3.04. The summed E-state index contributed by atoms with van der Waals surface area (Å²) >= 11 is 0. The molecule has 0 aliphatic rings. The van der Waals surface area contributed by atoms with Gasteiger partial charge in [-0.2, -0.15) is 13.2 Å². The third kappa shape index (κ3) is 2.72. The first-order valence-corrected chi connectivity index (χ1v) is 4.42. The van der Waals surface area contributed by atoms with Crippen LogP contribution in [0, 0.1) is 5.92 Å². The Morgan fingerprint density at radius 2 is 2.00 bits per heavy atom. The molecule has 1 aromatic rings. The number of hydrogen-bond acceptors (Lipinski definition) is 1. The molecular formula is C10H12F3N. The zero-order valence-corrected chi connectivity index (χ0v) is 8.10. The molecule has 14 heavy (non-hydrogen) atoms. The number of pyridine rings is 1. The van der Waals surface area contributed by atoms with Gasteiger partial charge in [-0.25, -0.2) is 0 Å². The minimum Gasteiger partial charge on any atom is -0.252 e. The van der Waals surface area contributed by atoms with Crippen molar-refractivity contribution in [3.63, 3.8) is 0 Å². The molecule has 1 rings (SSSR count). The fourth-order valence-corrected chi connectivity index (χ4v) is 1.30. The van der Waals surface area contributed by atoms with E-state index in [4.69, 9.17) is 0 Å². The van der Waals surface area contributed by atoms with Gasteiger partial charge in [0.2, 0.25) is 0 Å². The van der Waals surface area contributed by atoms with Crippen LogP contribution in [-0.4, -0.2) is 4.98 Å². The van der Waals surface area contributed by atoms with E-state index in [9.17, 15) is 13.2 Å². The first-order chi connectivity index (χ1) is 6.41. The smallest absolute Gasteiger partial charge is 0.252 e. The third-order valence-electron chi connectivity index (χ3n) is 1.79. The predicted molar refractivity (Wildman–Crippen MR) is 47.8 cm³/mol. The quantitative estimate of drug-likeness (QED) is 0.718. The van der Waals surface area contributed by atoms with Crippen molar-refractivity contribution in [1.82, 2.24) is 4.98 Å². The van der Waals surface area contributed by atoms with E-state index in [1.807, 2.05) is 13.8 Å². The van der Waals surface area contributed by atoms with Crippen LogP contribution in [0.15, 0.2) is 18.3 Å². The van der Waals surface area contributed by atoms with Crippen LogP contribution >= 0.6 is 0 Å². The molecule has 0 amide bonds. The van der Waals surface area contributed by atoms with Crippen molar-refractivity contribution in [3.05, 3.63) is 29.6 Å².